The topological polar surface area (TPSA) is 38.2 Å². The molecule has 1 aliphatic heterocycles. The normalized spacial score (nSPS) is 20.2. The summed E-state index contributed by atoms with van der Waals surface area (Å²) in [5.41, 5.74) is 0. The van der Waals surface area contributed by atoms with Crippen molar-refractivity contribution in [1.82, 2.24) is 10.2 Å². The quantitative estimate of drug-likeness (QED) is 0.790. The first-order chi connectivity index (χ1) is 7.79. The summed E-state index contributed by atoms with van der Waals surface area (Å²) in [6, 6.07) is 0. The fourth-order valence-corrected chi connectivity index (χ4v) is 2.82. The maximum atomic E-state index is 5.38. The van der Waals surface area contributed by atoms with Crippen molar-refractivity contribution in [2.24, 2.45) is 5.92 Å². The lowest BCUT2D eigenvalue weighted by atomic mass is 10.1. The summed E-state index contributed by atoms with van der Waals surface area (Å²) in [6.45, 7) is 5.00. The van der Waals surface area contributed by atoms with Gasteiger partial charge in [-0.1, -0.05) is 18.3 Å². The Labute approximate surface area is 101 Å². The van der Waals surface area contributed by atoms with E-state index in [-0.39, 0.29) is 0 Å². The Balaban J connectivity index is 1.89. The van der Waals surface area contributed by atoms with Crippen LogP contribution >= 0.6 is 11.3 Å². The van der Waals surface area contributed by atoms with E-state index in [1.807, 2.05) is 0 Å². The highest BCUT2D eigenvalue weighted by Gasteiger charge is 2.19. The Hall–Kier alpha value is -0.680. The second-order valence-corrected chi connectivity index (χ2v) is 5.38. The maximum Gasteiger partial charge on any atom is 0.208 e. The van der Waals surface area contributed by atoms with Crippen molar-refractivity contribution in [1.29, 1.82) is 0 Å². The lowest BCUT2D eigenvalue weighted by molar-refractivity contribution is 0.186. The molecule has 0 N–H and O–H groups in total. The average Bonchev–Trinajstić information content (AvgIpc) is 2.89. The molecule has 4 nitrogen and oxygen atoms in total. The molecule has 1 aromatic heterocycles. The molecule has 5 heteroatoms. The predicted molar refractivity (Wildman–Crippen MR) is 66.1 cm³/mol. The number of hydrogen-bond acceptors (Lipinski definition) is 5. The van der Waals surface area contributed by atoms with Gasteiger partial charge in [-0.05, 0) is 12.8 Å². The zero-order chi connectivity index (χ0) is 11.4. The summed E-state index contributed by atoms with van der Waals surface area (Å²) < 4.78 is 5.38. The van der Waals surface area contributed by atoms with E-state index in [0.717, 1.165) is 42.7 Å². The fraction of sp³-hybridized carbons (Fsp3) is 0.818. The first-order valence-electron chi connectivity index (χ1n) is 5.91. The van der Waals surface area contributed by atoms with Gasteiger partial charge < -0.3 is 9.64 Å². The summed E-state index contributed by atoms with van der Waals surface area (Å²) in [5, 5.41) is 10.6. The lowest BCUT2D eigenvalue weighted by Crippen LogP contribution is -2.25. The van der Waals surface area contributed by atoms with Crippen LogP contribution in [0.5, 0.6) is 0 Å². The van der Waals surface area contributed by atoms with E-state index in [1.54, 1.807) is 11.3 Å². The zero-order valence-electron chi connectivity index (χ0n) is 9.98. The molecular formula is C11H19N3OS. The largest absolute Gasteiger partial charge is 0.381 e. The molecule has 1 atom stereocenters. The molecule has 16 heavy (non-hydrogen) atoms. The third-order valence-corrected chi connectivity index (χ3v) is 3.90. The maximum absolute atomic E-state index is 5.38. The highest BCUT2D eigenvalue weighted by molar-refractivity contribution is 7.15. The molecule has 2 rings (SSSR count). The summed E-state index contributed by atoms with van der Waals surface area (Å²) in [4.78, 5) is 2.20. The number of nitrogens with zero attached hydrogens (tertiary/aromatic N) is 3. The number of rotatable bonds is 5. The number of anilines is 1. The van der Waals surface area contributed by atoms with Gasteiger partial charge in [0.2, 0.25) is 5.13 Å². The first kappa shape index (κ1) is 11.8. The van der Waals surface area contributed by atoms with Gasteiger partial charge in [0.1, 0.15) is 5.01 Å². The zero-order valence-corrected chi connectivity index (χ0v) is 10.8. The Morgan fingerprint density at radius 3 is 3.06 bits per heavy atom. The molecule has 0 saturated carbocycles. The molecule has 0 amide bonds. The number of aromatic nitrogens is 2. The van der Waals surface area contributed by atoms with Crippen LogP contribution < -0.4 is 4.90 Å². The molecule has 1 aliphatic rings. The average molecular weight is 241 g/mol. The van der Waals surface area contributed by atoms with Gasteiger partial charge >= 0.3 is 0 Å². The summed E-state index contributed by atoms with van der Waals surface area (Å²) in [6.07, 6.45) is 3.35. The van der Waals surface area contributed by atoms with Crippen LogP contribution in [0.1, 0.15) is 24.8 Å². The Morgan fingerprint density at radius 2 is 2.38 bits per heavy atom. The molecule has 90 valence electrons. The highest BCUT2D eigenvalue weighted by Crippen LogP contribution is 2.22. The second kappa shape index (κ2) is 5.59. The van der Waals surface area contributed by atoms with Gasteiger partial charge in [0, 0.05) is 32.5 Å². The van der Waals surface area contributed by atoms with Crippen LogP contribution in [0.3, 0.4) is 0 Å². The molecule has 0 spiro atoms. The van der Waals surface area contributed by atoms with Crippen molar-refractivity contribution in [3.8, 4) is 0 Å². The van der Waals surface area contributed by atoms with Gasteiger partial charge in [0.15, 0.2) is 0 Å². The van der Waals surface area contributed by atoms with Gasteiger partial charge in [0.05, 0.1) is 6.61 Å². The van der Waals surface area contributed by atoms with Crippen LogP contribution in [0.15, 0.2) is 0 Å². The van der Waals surface area contributed by atoms with Crippen LogP contribution in [0.4, 0.5) is 5.13 Å². The van der Waals surface area contributed by atoms with Crippen molar-refractivity contribution in [3.63, 3.8) is 0 Å². The molecule has 1 aromatic rings. The summed E-state index contributed by atoms with van der Waals surface area (Å²) in [5.74, 6) is 0.656. The predicted octanol–water partition coefficient (Wildman–Crippen LogP) is 1.96. The van der Waals surface area contributed by atoms with Crippen molar-refractivity contribution >= 4 is 16.5 Å². The standard InChI is InChI=1S/C11H19N3OS/c1-3-4-10-12-13-11(16-10)14(2)7-9-5-6-15-8-9/h9H,3-8H2,1-2H3/t9-/m0/s1. The fourth-order valence-electron chi connectivity index (χ4n) is 1.91. The van der Waals surface area contributed by atoms with Crippen molar-refractivity contribution in [2.45, 2.75) is 26.2 Å². The molecule has 0 bridgehead atoms. The molecule has 0 aromatic carbocycles. The van der Waals surface area contributed by atoms with Crippen molar-refractivity contribution in [2.75, 3.05) is 31.7 Å². The van der Waals surface area contributed by atoms with Crippen LogP contribution in [-0.2, 0) is 11.2 Å². The Kier molecular flexibility index (Phi) is 4.12. The molecule has 0 radical (unpaired) electrons. The third-order valence-electron chi connectivity index (χ3n) is 2.80. The minimum atomic E-state index is 0.656. The highest BCUT2D eigenvalue weighted by atomic mass is 32.1. The van der Waals surface area contributed by atoms with E-state index < -0.39 is 0 Å². The number of aryl methyl sites for hydroxylation is 1. The van der Waals surface area contributed by atoms with Crippen LogP contribution in [-0.4, -0.2) is 37.0 Å². The van der Waals surface area contributed by atoms with Gasteiger partial charge in [-0.25, -0.2) is 0 Å². The van der Waals surface area contributed by atoms with Crippen molar-refractivity contribution < 1.29 is 4.74 Å². The molecule has 1 saturated heterocycles. The van der Waals surface area contributed by atoms with Gasteiger partial charge in [-0.3, -0.25) is 0 Å². The third kappa shape index (κ3) is 2.92. The molecule has 0 unspecified atom stereocenters. The van der Waals surface area contributed by atoms with E-state index in [2.05, 4.69) is 29.1 Å². The summed E-state index contributed by atoms with van der Waals surface area (Å²) in [7, 11) is 2.09. The van der Waals surface area contributed by atoms with E-state index >= 15 is 0 Å². The van der Waals surface area contributed by atoms with Gasteiger partial charge in [-0.2, -0.15) is 0 Å². The monoisotopic (exact) mass is 241 g/mol. The number of ether oxygens (including phenoxy) is 1. The van der Waals surface area contributed by atoms with Crippen LogP contribution in [0.2, 0.25) is 0 Å². The van der Waals surface area contributed by atoms with E-state index in [4.69, 9.17) is 4.74 Å². The smallest absolute Gasteiger partial charge is 0.208 e. The molecule has 2 heterocycles. The Morgan fingerprint density at radius 1 is 1.50 bits per heavy atom. The molecule has 1 fully saturated rings. The van der Waals surface area contributed by atoms with Crippen molar-refractivity contribution in [3.05, 3.63) is 5.01 Å². The minimum Gasteiger partial charge on any atom is -0.381 e. The molecular weight excluding hydrogens is 222 g/mol. The van der Waals surface area contributed by atoms with Crippen LogP contribution in [0.25, 0.3) is 0 Å². The van der Waals surface area contributed by atoms with E-state index in [9.17, 15) is 0 Å². The summed E-state index contributed by atoms with van der Waals surface area (Å²) >= 11 is 1.71. The Bertz CT molecular complexity index is 323. The van der Waals surface area contributed by atoms with Crippen LogP contribution in [0, 0.1) is 5.92 Å². The van der Waals surface area contributed by atoms with Gasteiger partial charge in [-0.15, -0.1) is 10.2 Å². The first-order valence-corrected chi connectivity index (χ1v) is 6.72. The molecule has 0 aliphatic carbocycles. The second-order valence-electron chi connectivity index (χ2n) is 4.34. The number of hydrogen-bond donors (Lipinski definition) is 0. The lowest BCUT2D eigenvalue weighted by Gasteiger charge is -2.18. The van der Waals surface area contributed by atoms with E-state index in [1.165, 1.54) is 6.42 Å². The van der Waals surface area contributed by atoms with Gasteiger partial charge in [0.25, 0.3) is 0 Å². The minimum absolute atomic E-state index is 0.656. The van der Waals surface area contributed by atoms with E-state index in [0.29, 0.717) is 5.92 Å². The SMILES string of the molecule is CCCc1nnc(N(C)C[C@@H]2CCOC2)s1.